The number of hydrogen-bond acceptors (Lipinski definition) is 7. The lowest BCUT2D eigenvalue weighted by Gasteiger charge is -2.28. The first kappa shape index (κ1) is 35.0. The number of anilines is 1. The quantitative estimate of drug-likeness (QED) is 0.151. The molecule has 1 unspecified atom stereocenters. The van der Waals surface area contributed by atoms with Gasteiger partial charge in [-0.2, -0.15) is 13.2 Å². The van der Waals surface area contributed by atoms with E-state index in [4.69, 9.17) is 19.2 Å². The fraction of sp³-hybridized carbons (Fsp3) is 0.444. The number of fused-ring (bicyclic) bond motifs is 1. The standard InChI is InChI=1S/C36H44F3N5O4/c1-41(34(45)27-10-5-4-6-11-27)25-29(28-14-15-32(46-2)33(24-28)47-3)16-19-42-17-9-18-43(21-20-42)35-40-30-12-7-8-13-31(30)44(35)22-23-48-26-36(37,38)39/h4-8,10-15,24,29H,9,16-23,25-26H2,1-3H3. The first-order valence-corrected chi connectivity index (χ1v) is 16.3. The number of amides is 1. The van der Waals surface area contributed by atoms with Gasteiger partial charge in [0.2, 0.25) is 5.95 Å². The Labute approximate surface area is 279 Å². The van der Waals surface area contributed by atoms with E-state index in [-0.39, 0.29) is 25.0 Å². The highest BCUT2D eigenvalue weighted by molar-refractivity contribution is 5.94. The van der Waals surface area contributed by atoms with Crippen LogP contribution in [0.25, 0.3) is 11.0 Å². The van der Waals surface area contributed by atoms with Crippen LogP contribution >= 0.6 is 0 Å². The maximum absolute atomic E-state index is 13.3. The highest BCUT2D eigenvalue weighted by atomic mass is 19.4. The Hall–Kier alpha value is -4.29. The van der Waals surface area contributed by atoms with E-state index in [1.54, 1.807) is 19.1 Å². The van der Waals surface area contributed by atoms with E-state index in [2.05, 4.69) is 9.80 Å². The normalized spacial score (nSPS) is 14.9. The lowest BCUT2D eigenvalue weighted by Crippen LogP contribution is -2.35. The summed E-state index contributed by atoms with van der Waals surface area (Å²) in [6.45, 7) is 3.48. The van der Waals surface area contributed by atoms with Gasteiger partial charge in [-0.1, -0.05) is 36.4 Å². The van der Waals surface area contributed by atoms with Crippen LogP contribution in [0.4, 0.5) is 19.1 Å². The molecule has 3 aromatic carbocycles. The third-order valence-electron chi connectivity index (χ3n) is 8.77. The third kappa shape index (κ3) is 8.99. The van der Waals surface area contributed by atoms with Crippen LogP contribution in [0.3, 0.4) is 0 Å². The van der Waals surface area contributed by atoms with Gasteiger partial charge in [-0.3, -0.25) is 4.79 Å². The second-order valence-electron chi connectivity index (χ2n) is 12.1. The Morgan fingerprint density at radius 2 is 1.67 bits per heavy atom. The van der Waals surface area contributed by atoms with Crippen molar-refractivity contribution in [2.45, 2.75) is 31.5 Å². The topological polar surface area (TPSA) is 72.3 Å². The number of carbonyl (C=O) groups is 1. The van der Waals surface area contributed by atoms with E-state index in [1.165, 1.54) is 0 Å². The predicted octanol–water partition coefficient (Wildman–Crippen LogP) is 6.09. The molecular weight excluding hydrogens is 623 g/mol. The summed E-state index contributed by atoms with van der Waals surface area (Å²) in [5, 5.41) is 0. The number of alkyl halides is 3. The number of hydrogen-bond donors (Lipinski definition) is 0. The molecule has 258 valence electrons. The molecule has 48 heavy (non-hydrogen) atoms. The van der Waals surface area contributed by atoms with Gasteiger partial charge in [0.05, 0.1) is 31.9 Å². The van der Waals surface area contributed by atoms with Gasteiger partial charge in [-0.25, -0.2) is 4.98 Å². The second-order valence-corrected chi connectivity index (χ2v) is 12.1. The van der Waals surface area contributed by atoms with Gasteiger partial charge in [-0.05, 0) is 67.9 Å². The molecule has 1 atom stereocenters. The molecule has 2 heterocycles. The number of aromatic nitrogens is 2. The molecule has 0 N–H and O–H groups in total. The number of likely N-dealkylation sites (N-methyl/N-ethyl adjacent to an activating group) is 1. The number of methoxy groups -OCH3 is 2. The molecule has 12 heteroatoms. The van der Waals surface area contributed by atoms with Crippen molar-refractivity contribution in [1.82, 2.24) is 19.4 Å². The van der Waals surface area contributed by atoms with Gasteiger partial charge in [0.25, 0.3) is 5.91 Å². The highest BCUT2D eigenvalue weighted by Crippen LogP contribution is 2.33. The number of nitrogens with zero attached hydrogens (tertiary/aromatic N) is 5. The number of ether oxygens (including phenoxy) is 3. The monoisotopic (exact) mass is 667 g/mol. The van der Waals surface area contributed by atoms with Crippen LogP contribution < -0.4 is 14.4 Å². The number of para-hydroxylation sites is 2. The van der Waals surface area contributed by atoms with Gasteiger partial charge in [0.15, 0.2) is 11.5 Å². The van der Waals surface area contributed by atoms with Crippen molar-refractivity contribution in [2.75, 3.05) is 78.6 Å². The molecule has 0 bridgehead atoms. The zero-order valence-electron chi connectivity index (χ0n) is 27.8. The Kier molecular flexibility index (Phi) is 11.8. The summed E-state index contributed by atoms with van der Waals surface area (Å²) in [5.74, 6) is 2.06. The lowest BCUT2D eigenvalue weighted by molar-refractivity contribution is -0.174. The Bertz CT molecular complexity index is 1630. The minimum Gasteiger partial charge on any atom is -0.493 e. The van der Waals surface area contributed by atoms with E-state index in [9.17, 15) is 18.0 Å². The maximum Gasteiger partial charge on any atom is 0.411 e. The third-order valence-corrected chi connectivity index (χ3v) is 8.77. The van der Waals surface area contributed by atoms with Gasteiger partial charge in [0, 0.05) is 51.3 Å². The summed E-state index contributed by atoms with van der Waals surface area (Å²) in [6, 6.07) is 22.9. The summed E-state index contributed by atoms with van der Waals surface area (Å²) in [7, 11) is 5.07. The maximum atomic E-state index is 13.3. The minimum absolute atomic E-state index is 0.0295. The minimum atomic E-state index is -4.36. The molecule has 1 saturated heterocycles. The summed E-state index contributed by atoms with van der Waals surface area (Å²) in [6.07, 6.45) is -2.64. The lowest BCUT2D eigenvalue weighted by atomic mass is 9.94. The summed E-state index contributed by atoms with van der Waals surface area (Å²) < 4.78 is 56.0. The zero-order chi connectivity index (χ0) is 34.1. The number of rotatable bonds is 14. The molecule has 1 aliphatic rings. The molecule has 1 fully saturated rings. The molecule has 0 aliphatic carbocycles. The predicted molar refractivity (Wildman–Crippen MR) is 180 cm³/mol. The molecule has 0 radical (unpaired) electrons. The van der Waals surface area contributed by atoms with Crippen LogP contribution in [0, 0.1) is 0 Å². The summed E-state index contributed by atoms with van der Waals surface area (Å²) in [5.41, 5.74) is 3.39. The molecule has 1 aliphatic heterocycles. The molecular formula is C36H44F3N5O4. The largest absolute Gasteiger partial charge is 0.493 e. The smallest absolute Gasteiger partial charge is 0.411 e. The Balaban J connectivity index is 1.27. The van der Waals surface area contributed by atoms with Crippen LogP contribution in [0.5, 0.6) is 11.5 Å². The van der Waals surface area contributed by atoms with Gasteiger partial charge >= 0.3 is 6.18 Å². The first-order valence-electron chi connectivity index (χ1n) is 16.3. The molecule has 9 nitrogen and oxygen atoms in total. The average Bonchev–Trinajstić information content (AvgIpc) is 3.29. The Morgan fingerprint density at radius 3 is 2.42 bits per heavy atom. The van der Waals surface area contributed by atoms with Gasteiger partial charge < -0.3 is 33.5 Å². The van der Waals surface area contributed by atoms with Crippen molar-refractivity contribution in [3.63, 3.8) is 0 Å². The van der Waals surface area contributed by atoms with E-state index in [0.29, 0.717) is 23.6 Å². The SMILES string of the molecule is COc1ccc(C(CCN2CCCN(c3nc4ccccc4n3CCOCC(F)(F)F)CC2)CN(C)C(=O)c2ccccc2)cc1OC. The summed E-state index contributed by atoms with van der Waals surface area (Å²) >= 11 is 0. The average molecular weight is 668 g/mol. The van der Waals surface area contributed by atoms with Crippen molar-refractivity contribution >= 4 is 22.9 Å². The second kappa shape index (κ2) is 16.2. The van der Waals surface area contributed by atoms with E-state index >= 15 is 0 Å². The van der Waals surface area contributed by atoms with E-state index in [0.717, 1.165) is 68.1 Å². The number of benzene rings is 3. The number of carbonyl (C=O) groups excluding carboxylic acids is 1. The molecule has 0 spiro atoms. The molecule has 4 aromatic rings. The summed E-state index contributed by atoms with van der Waals surface area (Å²) in [4.78, 5) is 24.6. The van der Waals surface area contributed by atoms with Gasteiger partial charge in [0.1, 0.15) is 6.61 Å². The fourth-order valence-electron chi connectivity index (χ4n) is 6.29. The van der Waals surface area contributed by atoms with E-state index in [1.807, 2.05) is 84.4 Å². The number of imidazole rings is 1. The molecule has 0 saturated carbocycles. The molecule has 1 amide bonds. The van der Waals surface area contributed by atoms with Crippen molar-refractivity contribution in [1.29, 1.82) is 0 Å². The fourth-order valence-corrected chi connectivity index (χ4v) is 6.29. The Morgan fingerprint density at radius 1 is 0.917 bits per heavy atom. The van der Waals surface area contributed by atoms with Crippen LogP contribution in [0.15, 0.2) is 72.8 Å². The van der Waals surface area contributed by atoms with Crippen LogP contribution in [-0.4, -0.2) is 105 Å². The molecule has 5 rings (SSSR count). The van der Waals surface area contributed by atoms with E-state index < -0.39 is 12.8 Å². The van der Waals surface area contributed by atoms with Crippen molar-refractivity contribution in [3.8, 4) is 11.5 Å². The molecule has 1 aromatic heterocycles. The van der Waals surface area contributed by atoms with Gasteiger partial charge in [-0.15, -0.1) is 0 Å². The highest BCUT2D eigenvalue weighted by Gasteiger charge is 2.28. The number of halogens is 3. The zero-order valence-corrected chi connectivity index (χ0v) is 27.8. The van der Waals surface area contributed by atoms with Crippen molar-refractivity contribution < 1.29 is 32.2 Å². The van der Waals surface area contributed by atoms with Crippen molar-refractivity contribution in [2.24, 2.45) is 0 Å². The van der Waals surface area contributed by atoms with Crippen LogP contribution in [0.1, 0.15) is 34.7 Å². The van der Waals surface area contributed by atoms with Crippen LogP contribution in [0.2, 0.25) is 0 Å². The van der Waals surface area contributed by atoms with Crippen molar-refractivity contribution in [3.05, 3.63) is 83.9 Å². The first-order chi connectivity index (χ1) is 23.2. The van der Waals surface area contributed by atoms with Crippen LogP contribution in [-0.2, 0) is 11.3 Å².